The highest BCUT2D eigenvalue weighted by Crippen LogP contribution is 2.24. The Bertz CT molecular complexity index is 1100. The van der Waals surface area contributed by atoms with Crippen LogP contribution in [0.5, 0.6) is 0 Å². The molecular formula is C20H23ClN6O2S2. The number of amides is 2. The summed E-state index contributed by atoms with van der Waals surface area (Å²) in [4.78, 5) is 28.9. The van der Waals surface area contributed by atoms with Crippen molar-refractivity contribution in [2.24, 2.45) is 7.05 Å². The lowest BCUT2D eigenvalue weighted by molar-refractivity contribution is -0.116. The van der Waals surface area contributed by atoms with Gasteiger partial charge in [-0.05, 0) is 38.5 Å². The molecule has 0 aliphatic heterocycles. The summed E-state index contributed by atoms with van der Waals surface area (Å²) in [5, 5.41) is 17.3. The lowest BCUT2D eigenvalue weighted by Gasteiger charge is -2.10. The number of thioether (sulfide) groups is 1. The highest BCUT2D eigenvalue weighted by molar-refractivity contribution is 8.00. The number of hydrogen-bond donors (Lipinski definition) is 2. The highest BCUT2D eigenvalue weighted by Gasteiger charge is 2.20. The zero-order valence-corrected chi connectivity index (χ0v) is 20.0. The Kier molecular flexibility index (Phi) is 7.69. The third-order valence-corrected chi connectivity index (χ3v) is 6.87. The molecule has 0 fully saturated rings. The average molecular weight is 479 g/mol. The lowest BCUT2D eigenvalue weighted by atomic mass is 10.2. The molecule has 2 amide bonds. The van der Waals surface area contributed by atoms with Crippen LogP contribution in [-0.2, 0) is 23.1 Å². The van der Waals surface area contributed by atoms with E-state index < -0.39 is 0 Å². The minimum atomic E-state index is -0.380. The number of benzene rings is 1. The summed E-state index contributed by atoms with van der Waals surface area (Å²) >= 11 is 8.79. The number of aromatic nitrogens is 4. The Morgan fingerprint density at radius 1 is 1.26 bits per heavy atom. The fraction of sp³-hybridized carbons (Fsp3) is 0.350. The topological polar surface area (TPSA) is 102 Å². The van der Waals surface area contributed by atoms with Crippen molar-refractivity contribution >= 4 is 57.3 Å². The van der Waals surface area contributed by atoms with Gasteiger partial charge in [-0.1, -0.05) is 29.4 Å². The van der Waals surface area contributed by atoms with Crippen LogP contribution in [0, 0.1) is 13.8 Å². The lowest BCUT2D eigenvalue weighted by Crippen LogP contribution is -2.22. The van der Waals surface area contributed by atoms with Gasteiger partial charge in [-0.15, -0.1) is 21.5 Å². The van der Waals surface area contributed by atoms with E-state index in [9.17, 15) is 9.59 Å². The molecular weight excluding hydrogens is 456 g/mol. The van der Waals surface area contributed by atoms with Crippen LogP contribution in [-0.4, -0.2) is 36.8 Å². The summed E-state index contributed by atoms with van der Waals surface area (Å²) in [7, 11) is 1.82. The number of halogens is 1. The number of hydrogen-bond acceptors (Lipinski definition) is 7. The largest absolute Gasteiger partial charge is 0.326 e. The second-order valence-electron chi connectivity index (χ2n) is 7.01. The summed E-state index contributed by atoms with van der Waals surface area (Å²) in [5.41, 5.74) is 2.48. The van der Waals surface area contributed by atoms with Crippen LogP contribution >= 0.6 is 34.7 Å². The van der Waals surface area contributed by atoms with Crippen molar-refractivity contribution in [3.63, 3.8) is 0 Å². The smallest absolute Gasteiger partial charge is 0.239 e. The maximum absolute atomic E-state index is 12.4. The normalized spacial score (nSPS) is 11.9. The van der Waals surface area contributed by atoms with Crippen LogP contribution in [0.1, 0.15) is 30.4 Å². The zero-order valence-electron chi connectivity index (χ0n) is 17.6. The van der Waals surface area contributed by atoms with E-state index >= 15 is 0 Å². The Labute approximate surface area is 193 Å². The van der Waals surface area contributed by atoms with Gasteiger partial charge in [-0.25, -0.2) is 4.98 Å². The fourth-order valence-corrected chi connectivity index (χ4v) is 4.32. The predicted octanol–water partition coefficient (Wildman–Crippen LogP) is 4.23. The van der Waals surface area contributed by atoms with Crippen molar-refractivity contribution in [2.45, 2.75) is 44.0 Å². The summed E-state index contributed by atoms with van der Waals surface area (Å²) in [5.74, 6) is 0.381. The van der Waals surface area contributed by atoms with Crippen LogP contribution in [0.3, 0.4) is 0 Å². The monoisotopic (exact) mass is 478 g/mol. The molecule has 11 heteroatoms. The van der Waals surface area contributed by atoms with E-state index in [4.69, 9.17) is 11.6 Å². The molecule has 0 saturated carbocycles. The first-order valence-electron chi connectivity index (χ1n) is 9.57. The Morgan fingerprint density at radius 3 is 2.71 bits per heavy atom. The maximum Gasteiger partial charge on any atom is 0.239 e. The summed E-state index contributed by atoms with van der Waals surface area (Å²) in [6, 6.07) is 5.40. The molecule has 2 aromatic heterocycles. The van der Waals surface area contributed by atoms with Crippen molar-refractivity contribution in [1.82, 2.24) is 19.7 Å². The molecule has 1 aromatic carbocycles. The van der Waals surface area contributed by atoms with Gasteiger partial charge in [0.05, 0.1) is 10.9 Å². The van der Waals surface area contributed by atoms with Gasteiger partial charge >= 0.3 is 0 Å². The first-order chi connectivity index (χ1) is 14.7. The fourth-order valence-electron chi connectivity index (χ4n) is 2.61. The molecule has 2 N–H and O–H groups in total. The predicted molar refractivity (Wildman–Crippen MR) is 125 cm³/mol. The molecule has 0 aliphatic carbocycles. The van der Waals surface area contributed by atoms with E-state index in [0.717, 1.165) is 11.3 Å². The van der Waals surface area contributed by atoms with Crippen molar-refractivity contribution < 1.29 is 9.59 Å². The van der Waals surface area contributed by atoms with Gasteiger partial charge in [0.15, 0.2) is 10.3 Å². The molecule has 1 unspecified atom stereocenters. The van der Waals surface area contributed by atoms with E-state index in [0.29, 0.717) is 33.2 Å². The SMILES string of the molecule is Cc1csc(NC(=O)C(C)Sc2nnc(CCC(=O)Nc3ccc(C)c(Cl)c3)n2C)n1. The average Bonchev–Trinajstić information content (AvgIpc) is 3.28. The van der Waals surface area contributed by atoms with Crippen LogP contribution in [0.15, 0.2) is 28.7 Å². The number of rotatable bonds is 8. The first-order valence-corrected chi connectivity index (χ1v) is 11.7. The Morgan fingerprint density at radius 2 is 2.03 bits per heavy atom. The number of anilines is 2. The van der Waals surface area contributed by atoms with Gasteiger partial charge in [0.25, 0.3) is 0 Å². The third kappa shape index (κ3) is 6.28. The molecule has 0 bridgehead atoms. The molecule has 3 rings (SSSR count). The molecule has 0 radical (unpaired) electrons. The highest BCUT2D eigenvalue weighted by atomic mass is 35.5. The van der Waals surface area contributed by atoms with Gasteiger partial charge in [-0.2, -0.15) is 0 Å². The summed E-state index contributed by atoms with van der Waals surface area (Å²) < 4.78 is 1.80. The summed E-state index contributed by atoms with van der Waals surface area (Å²) in [6.07, 6.45) is 0.677. The summed E-state index contributed by atoms with van der Waals surface area (Å²) in [6.45, 7) is 5.58. The number of carbonyl (C=O) groups excluding carboxylic acids is 2. The molecule has 31 heavy (non-hydrogen) atoms. The zero-order chi connectivity index (χ0) is 22.5. The van der Waals surface area contributed by atoms with Gasteiger partial charge in [0.1, 0.15) is 5.82 Å². The maximum atomic E-state index is 12.4. The number of carbonyl (C=O) groups is 2. The van der Waals surface area contributed by atoms with Crippen LogP contribution < -0.4 is 10.6 Å². The minimum Gasteiger partial charge on any atom is -0.326 e. The van der Waals surface area contributed by atoms with Crippen molar-refractivity contribution in [3.8, 4) is 0 Å². The second-order valence-corrected chi connectivity index (χ2v) is 9.59. The molecule has 0 spiro atoms. The van der Waals surface area contributed by atoms with Crippen LogP contribution in [0.25, 0.3) is 0 Å². The quantitative estimate of drug-likeness (QED) is 0.470. The Hall–Kier alpha value is -2.43. The van der Waals surface area contributed by atoms with Gasteiger partial charge in [-0.3, -0.25) is 9.59 Å². The van der Waals surface area contributed by atoms with Crippen molar-refractivity contribution in [3.05, 3.63) is 45.7 Å². The van der Waals surface area contributed by atoms with E-state index in [-0.39, 0.29) is 23.5 Å². The van der Waals surface area contributed by atoms with Crippen molar-refractivity contribution in [1.29, 1.82) is 0 Å². The van der Waals surface area contributed by atoms with E-state index in [1.54, 1.807) is 17.6 Å². The molecule has 0 aliphatic rings. The second kappa shape index (κ2) is 10.3. The van der Waals surface area contributed by atoms with Gasteiger partial charge in [0.2, 0.25) is 11.8 Å². The van der Waals surface area contributed by atoms with Crippen molar-refractivity contribution in [2.75, 3.05) is 10.6 Å². The molecule has 8 nitrogen and oxygen atoms in total. The number of nitrogens with zero attached hydrogens (tertiary/aromatic N) is 4. The molecule has 164 valence electrons. The molecule has 2 heterocycles. The van der Waals surface area contributed by atoms with E-state index in [2.05, 4.69) is 25.8 Å². The van der Waals surface area contributed by atoms with E-state index in [1.165, 1.54) is 23.1 Å². The standard InChI is InChI=1S/C20H23ClN6O2S2/c1-11-5-6-14(9-15(11)21)23-17(28)8-7-16-25-26-20(27(16)4)31-13(3)18(29)24-19-22-12(2)10-30-19/h5-6,9-10,13H,7-8H2,1-4H3,(H,23,28)(H,22,24,29). The number of aryl methyl sites for hydroxylation is 3. The molecule has 1 atom stereocenters. The van der Waals surface area contributed by atoms with Crippen LogP contribution in [0.2, 0.25) is 5.02 Å². The minimum absolute atomic E-state index is 0.136. The number of nitrogens with one attached hydrogen (secondary N) is 2. The number of thiazole rings is 1. The Balaban J connectivity index is 1.52. The van der Waals surface area contributed by atoms with Gasteiger partial charge < -0.3 is 15.2 Å². The molecule has 0 saturated heterocycles. The van der Waals surface area contributed by atoms with Crippen LogP contribution in [0.4, 0.5) is 10.8 Å². The van der Waals surface area contributed by atoms with Gasteiger partial charge in [0, 0.05) is 36.0 Å². The third-order valence-electron chi connectivity index (χ3n) is 4.46. The van der Waals surface area contributed by atoms with E-state index in [1.807, 2.05) is 38.4 Å². The first kappa shape index (κ1) is 23.2. The molecule has 3 aromatic rings.